The van der Waals surface area contributed by atoms with Crippen LogP contribution in [0.4, 0.5) is 13.2 Å². The molecule has 1 aromatic carbocycles. The highest BCUT2D eigenvalue weighted by molar-refractivity contribution is 9.10. The van der Waals surface area contributed by atoms with Gasteiger partial charge in [-0.05, 0) is 34.1 Å². The summed E-state index contributed by atoms with van der Waals surface area (Å²) in [5, 5.41) is 13.2. The Hall–Kier alpha value is -1.81. The molecule has 0 radical (unpaired) electrons. The Balaban J connectivity index is 2.26. The SMILES string of the molecule is CON=C1C[C@@H](CO)N(C(=O)c2ccc(Br)c(OC(F)(F)F)c2)C1. The van der Waals surface area contributed by atoms with Gasteiger partial charge in [-0.2, -0.15) is 0 Å². The molecule has 1 saturated heterocycles. The molecule has 1 atom stereocenters. The summed E-state index contributed by atoms with van der Waals surface area (Å²) in [4.78, 5) is 18.6. The van der Waals surface area contributed by atoms with Crippen LogP contribution in [0.25, 0.3) is 0 Å². The highest BCUT2D eigenvalue weighted by Crippen LogP contribution is 2.32. The maximum Gasteiger partial charge on any atom is 0.573 e. The Kier molecular flexibility index (Phi) is 5.70. The molecule has 1 aliphatic heterocycles. The number of halogens is 4. The molecule has 0 bridgehead atoms. The normalized spacial score (nSPS) is 19.7. The minimum Gasteiger partial charge on any atom is -0.405 e. The summed E-state index contributed by atoms with van der Waals surface area (Å²) in [7, 11) is 1.36. The first-order valence-corrected chi connectivity index (χ1v) is 7.60. The van der Waals surface area contributed by atoms with Gasteiger partial charge in [0.25, 0.3) is 5.91 Å². The average molecular weight is 411 g/mol. The van der Waals surface area contributed by atoms with Gasteiger partial charge in [-0.25, -0.2) is 0 Å². The Labute approximate surface area is 144 Å². The van der Waals surface area contributed by atoms with Gasteiger partial charge in [0.05, 0.1) is 29.4 Å². The zero-order valence-electron chi connectivity index (χ0n) is 12.5. The van der Waals surface area contributed by atoms with Crippen molar-refractivity contribution in [3.63, 3.8) is 0 Å². The van der Waals surface area contributed by atoms with E-state index in [1.165, 1.54) is 24.1 Å². The van der Waals surface area contributed by atoms with Crippen LogP contribution >= 0.6 is 15.9 Å². The third kappa shape index (κ3) is 4.38. The molecule has 0 aromatic heterocycles. The number of aliphatic hydroxyl groups excluding tert-OH is 1. The Morgan fingerprint density at radius 2 is 2.21 bits per heavy atom. The lowest BCUT2D eigenvalue weighted by atomic mass is 10.1. The fraction of sp³-hybridized carbons (Fsp3) is 0.429. The van der Waals surface area contributed by atoms with Gasteiger partial charge in [-0.3, -0.25) is 4.79 Å². The number of rotatable bonds is 4. The largest absolute Gasteiger partial charge is 0.573 e. The standard InChI is InChI=1S/C14H14BrF3N2O4/c1-23-19-9-5-10(7-21)20(6-9)13(22)8-2-3-11(15)12(4-8)24-14(16,17)18/h2-4,10,21H,5-7H2,1H3/t10-/m0/s1. The van der Waals surface area contributed by atoms with E-state index in [0.717, 1.165) is 6.07 Å². The van der Waals surface area contributed by atoms with E-state index in [1.54, 1.807) is 0 Å². The van der Waals surface area contributed by atoms with Crippen molar-refractivity contribution in [3.05, 3.63) is 28.2 Å². The molecule has 0 saturated carbocycles. The Morgan fingerprint density at radius 1 is 1.50 bits per heavy atom. The van der Waals surface area contributed by atoms with Crippen molar-refractivity contribution < 1.29 is 32.6 Å². The van der Waals surface area contributed by atoms with E-state index in [4.69, 9.17) is 0 Å². The number of benzene rings is 1. The van der Waals surface area contributed by atoms with Crippen molar-refractivity contribution >= 4 is 27.5 Å². The molecule has 1 amide bonds. The monoisotopic (exact) mass is 410 g/mol. The molecule has 1 aromatic rings. The van der Waals surface area contributed by atoms with Crippen molar-refractivity contribution in [1.82, 2.24) is 4.90 Å². The lowest BCUT2D eigenvalue weighted by Gasteiger charge is -2.22. The number of nitrogens with zero attached hydrogens (tertiary/aromatic N) is 2. The van der Waals surface area contributed by atoms with Crippen LogP contribution in [0.2, 0.25) is 0 Å². The summed E-state index contributed by atoms with van der Waals surface area (Å²) in [6.07, 6.45) is -4.54. The topological polar surface area (TPSA) is 71.4 Å². The highest BCUT2D eigenvalue weighted by Gasteiger charge is 2.35. The fourth-order valence-electron chi connectivity index (χ4n) is 2.37. The molecule has 0 spiro atoms. The van der Waals surface area contributed by atoms with E-state index in [-0.39, 0.29) is 23.2 Å². The van der Waals surface area contributed by atoms with E-state index in [9.17, 15) is 23.1 Å². The number of hydrogen-bond donors (Lipinski definition) is 1. The molecule has 132 valence electrons. The molecule has 0 unspecified atom stereocenters. The third-order valence-electron chi connectivity index (χ3n) is 3.36. The average Bonchev–Trinajstić information content (AvgIpc) is 2.91. The lowest BCUT2D eigenvalue weighted by molar-refractivity contribution is -0.274. The minimum atomic E-state index is -4.87. The maximum absolute atomic E-state index is 12.6. The number of hydrogen-bond acceptors (Lipinski definition) is 5. The molecule has 24 heavy (non-hydrogen) atoms. The van der Waals surface area contributed by atoms with Crippen LogP contribution < -0.4 is 4.74 Å². The van der Waals surface area contributed by atoms with Gasteiger partial charge < -0.3 is 19.6 Å². The van der Waals surface area contributed by atoms with Gasteiger partial charge in [0.1, 0.15) is 12.9 Å². The quantitative estimate of drug-likeness (QED) is 0.774. The summed E-state index contributed by atoms with van der Waals surface area (Å²) in [5.41, 5.74) is 0.573. The van der Waals surface area contributed by atoms with Crippen molar-refractivity contribution in [1.29, 1.82) is 0 Å². The number of amides is 1. The van der Waals surface area contributed by atoms with Gasteiger partial charge in [0.15, 0.2) is 0 Å². The Morgan fingerprint density at radius 3 is 2.79 bits per heavy atom. The lowest BCUT2D eigenvalue weighted by Crippen LogP contribution is -2.37. The predicted molar refractivity (Wildman–Crippen MR) is 81.8 cm³/mol. The summed E-state index contributed by atoms with van der Waals surface area (Å²) in [5.74, 6) is -1.05. The second-order valence-corrected chi connectivity index (χ2v) is 5.86. The van der Waals surface area contributed by atoms with E-state index in [2.05, 4.69) is 30.7 Å². The van der Waals surface area contributed by atoms with E-state index < -0.39 is 24.1 Å². The van der Waals surface area contributed by atoms with Gasteiger partial charge in [0, 0.05) is 12.0 Å². The van der Waals surface area contributed by atoms with Crippen molar-refractivity contribution in [2.45, 2.75) is 18.8 Å². The van der Waals surface area contributed by atoms with Crippen LogP contribution in [0.5, 0.6) is 5.75 Å². The van der Waals surface area contributed by atoms with Crippen molar-refractivity contribution in [3.8, 4) is 5.75 Å². The molecule has 1 fully saturated rings. The molecule has 1 aliphatic rings. The van der Waals surface area contributed by atoms with E-state index >= 15 is 0 Å². The number of carbonyl (C=O) groups is 1. The minimum absolute atomic E-state index is 0.00886. The molecule has 0 aliphatic carbocycles. The number of carbonyl (C=O) groups excluding carboxylic acids is 1. The van der Waals surface area contributed by atoms with Crippen LogP contribution in [0.15, 0.2) is 27.8 Å². The summed E-state index contributed by atoms with van der Waals surface area (Å²) < 4.78 is 41.2. The zero-order valence-corrected chi connectivity index (χ0v) is 14.1. The predicted octanol–water partition coefficient (Wildman–Crippen LogP) is 2.56. The molecule has 2 rings (SSSR count). The van der Waals surface area contributed by atoms with E-state index in [1.807, 2.05) is 0 Å². The number of likely N-dealkylation sites (tertiary alicyclic amines) is 1. The number of alkyl halides is 3. The van der Waals surface area contributed by atoms with Gasteiger partial charge in [-0.15, -0.1) is 13.2 Å². The molecule has 10 heteroatoms. The van der Waals surface area contributed by atoms with Crippen LogP contribution in [0.3, 0.4) is 0 Å². The molecular formula is C14H14BrF3N2O4. The van der Waals surface area contributed by atoms with Gasteiger partial charge in [-0.1, -0.05) is 5.16 Å². The highest BCUT2D eigenvalue weighted by atomic mass is 79.9. The number of oxime groups is 1. The van der Waals surface area contributed by atoms with Crippen LogP contribution in [0, 0.1) is 0 Å². The number of ether oxygens (including phenoxy) is 1. The molecule has 1 N–H and O–H groups in total. The van der Waals surface area contributed by atoms with Gasteiger partial charge in [0.2, 0.25) is 0 Å². The van der Waals surface area contributed by atoms with Crippen LogP contribution in [0.1, 0.15) is 16.8 Å². The van der Waals surface area contributed by atoms with Crippen LogP contribution in [-0.2, 0) is 4.84 Å². The smallest absolute Gasteiger partial charge is 0.405 e. The third-order valence-corrected chi connectivity index (χ3v) is 4.02. The second-order valence-electron chi connectivity index (χ2n) is 5.01. The van der Waals surface area contributed by atoms with Crippen LogP contribution in [-0.4, -0.2) is 54.3 Å². The first kappa shape index (κ1) is 18.5. The fourth-order valence-corrected chi connectivity index (χ4v) is 2.70. The first-order chi connectivity index (χ1) is 11.2. The van der Waals surface area contributed by atoms with Crippen molar-refractivity contribution in [2.75, 3.05) is 20.3 Å². The summed E-state index contributed by atoms with van der Waals surface area (Å²) >= 11 is 2.95. The Bertz CT molecular complexity index is 651. The zero-order chi connectivity index (χ0) is 17.9. The maximum atomic E-state index is 12.6. The second kappa shape index (κ2) is 7.39. The molecular weight excluding hydrogens is 397 g/mol. The summed E-state index contributed by atoms with van der Waals surface area (Å²) in [6.45, 7) is -0.166. The molecule has 6 nitrogen and oxygen atoms in total. The first-order valence-electron chi connectivity index (χ1n) is 6.81. The van der Waals surface area contributed by atoms with Gasteiger partial charge >= 0.3 is 6.36 Å². The van der Waals surface area contributed by atoms with E-state index in [0.29, 0.717) is 12.1 Å². The molecule has 1 heterocycles. The summed E-state index contributed by atoms with van der Waals surface area (Å²) in [6, 6.07) is 3.15. The van der Waals surface area contributed by atoms with Crippen molar-refractivity contribution in [2.24, 2.45) is 5.16 Å². The number of aliphatic hydroxyl groups is 1.